The Morgan fingerprint density at radius 3 is 2.47 bits per heavy atom. The van der Waals surface area contributed by atoms with Gasteiger partial charge in [0.25, 0.3) is 0 Å². The predicted octanol–water partition coefficient (Wildman–Crippen LogP) is 4.07. The third-order valence-electron chi connectivity index (χ3n) is 2.36. The van der Waals surface area contributed by atoms with E-state index in [9.17, 15) is 0 Å². The van der Waals surface area contributed by atoms with Crippen LogP contribution in [0.1, 0.15) is 24.6 Å². The van der Waals surface area contributed by atoms with Gasteiger partial charge in [-0.05, 0) is 18.9 Å². The summed E-state index contributed by atoms with van der Waals surface area (Å²) < 4.78 is 0. The number of hydrogen-bond acceptors (Lipinski definition) is 2. The number of hydrogen-bond donors (Lipinski definition) is 0. The highest BCUT2D eigenvalue weighted by atomic mass is 32.1. The molecule has 0 spiro atoms. The molecular weight excluding hydrogens is 202 g/mol. The Balaban J connectivity index is 2.23. The van der Waals surface area contributed by atoms with Gasteiger partial charge in [0.1, 0.15) is 5.01 Å². The molecule has 1 nitrogen and oxygen atoms in total. The van der Waals surface area contributed by atoms with Gasteiger partial charge in [-0.2, -0.15) is 0 Å². The van der Waals surface area contributed by atoms with Crippen LogP contribution in [0.3, 0.4) is 0 Å². The molecule has 0 atom stereocenters. The largest absolute Gasteiger partial charge is 0.241 e. The minimum absolute atomic E-state index is 1.10. The highest BCUT2D eigenvalue weighted by molar-refractivity contribution is 7.13. The maximum atomic E-state index is 4.48. The summed E-state index contributed by atoms with van der Waals surface area (Å²) in [5, 5.41) is 3.21. The van der Waals surface area contributed by atoms with Crippen molar-refractivity contribution in [1.29, 1.82) is 0 Å². The van der Waals surface area contributed by atoms with E-state index >= 15 is 0 Å². The Hall–Kier alpha value is -1.15. The van der Waals surface area contributed by atoms with Crippen molar-refractivity contribution in [2.24, 2.45) is 0 Å². The molecule has 0 aliphatic carbocycles. The summed E-state index contributed by atoms with van der Waals surface area (Å²) in [5.41, 5.74) is 3.75. The van der Waals surface area contributed by atoms with E-state index < -0.39 is 0 Å². The number of aromatic nitrogens is 1. The Bertz CT molecular complexity index is 428. The number of nitrogens with zero attached hydrogens (tertiary/aromatic N) is 1. The van der Waals surface area contributed by atoms with Crippen LogP contribution in [0.4, 0.5) is 0 Å². The van der Waals surface area contributed by atoms with Crippen LogP contribution in [0.5, 0.6) is 0 Å². The summed E-state index contributed by atoms with van der Waals surface area (Å²) in [7, 11) is 0. The smallest absolute Gasteiger partial charge is 0.123 e. The maximum absolute atomic E-state index is 4.48. The lowest BCUT2D eigenvalue weighted by Crippen LogP contribution is -1.83. The topological polar surface area (TPSA) is 12.9 Å². The van der Waals surface area contributed by atoms with Gasteiger partial charge in [0.05, 0.1) is 0 Å². The first-order chi connectivity index (χ1) is 7.29. The van der Waals surface area contributed by atoms with Crippen LogP contribution in [0.15, 0.2) is 29.6 Å². The first kappa shape index (κ1) is 10.4. The summed E-state index contributed by atoms with van der Waals surface area (Å²) in [5.74, 6) is 0. The molecule has 15 heavy (non-hydrogen) atoms. The SMILES string of the molecule is CCCc1ccc(-c2nc(C)cs2)cc1. The average Bonchev–Trinajstić information content (AvgIpc) is 2.67. The molecule has 0 aliphatic rings. The molecule has 0 bridgehead atoms. The summed E-state index contributed by atoms with van der Waals surface area (Å²) in [6.45, 7) is 4.24. The van der Waals surface area contributed by atoms with E-state index in [1.807, 2.05) is 6.92 Å². The molecule has 0 N–H and O–H groups in total. The molecule has 0 aliphatic heterocycles. The van der Waals surface area contributed by atoms with Crippen LogP contribution >= 0.6 is 11.3 Å². The first-order valence-electron chi connectivity index (χ1n) is 5.31. The standard InChI is InChI=1S/C13H15NS/c1-3-4-11-5-7-12(8-6-11)13-14-10(2)9-15-13/h5-9H,3-4H2,1-2H3. The van der Waals surface area contributed by atoms with Gasteiger partial charge in [-0.3, -0.25) is 0 Å². The zero-order valence-electron chi connectivity index (χ0n) is 9.16. The molecule has 2 heteroatoms. The van der Waals surface area contributed by atoms with Gasteiger partial charge in [0, 0.05) is 16.6 Å². The molecule has 2 aromatic rings. The van der Waals surface area contributed by atoms with E-state index in [1.165, 1.54) is 17.5 Å². The van der Waals surface area contributed by atoms with Crippen molar-refractivity contribution in [2.75, 3.05) is 0 Å². The molecule has 1 aromatic heterocycles. The van der Waals surface area contributed by atoms with Gasteiger partial charge >= 0.3 is 0 Å². The van der Waals surface area contributed by atoms with E-state index in [2.05, 4.69) is 41.6 Å². The molecule has 1 aromatic carbocycles. The molecule has 0 saturated carbocycles. The van der Waals surface area contributed by atoms with Crippen molar-refractivity contribution in [3.63, 3.8) is 0 Å². The van der Waals surface area contributed by atoms with Crippen molar-refractivity contribution in [3.8, 4) is 10.6 Å². The number of thiazole rings is 1. The second-order valence-electron chi connectivity index (χ2n) is 3.74. The van der Waals surface area contributed by atoms with Crippen molar-refractivity contribution in [1.82, 2.24) is 4.98 Å². The minimum atomic E-state index is 1.10. The maximum Gasteiger partial charge on any atom is 0.123 e. The molecule has 78 valence electrons. The Morgan fingerprint density at radius 2 is 1.93 bits per heavy atom. The summed E-state index contributed by atoms with van der Waals surface area (Å²) in [6.07, 6.45) is 2.37. The molecular formula is C13H15NS. The molecule has 0 saturated heterocycles. The Morgan fingerprint density at radius 1 is 1.20 bits per heavy atom. The fourth-order valence-electron chi connectivity index (χ4n) is 1.59. The lowest BCUT2D eigenvalue weighted by atomic mass is 10.1. The van der Waals surface area contributed by atoms with Crippen LogP contribution in [0.2, 0.25) is 0 Å². The van der Waals surface area contributed by atoms with Gasteiger partial charge in [-0.1, -0.05) is 37.6 Å². The lowest BCUT2D eigenvalue weighted by molar-refractivity contribution is 0.922. The molecule has 0 fully saturated rings. The fourth-order valence-corrected chi connectivity index (χ4v) is 2.39. The van der Waals surface area contributed by atoms with Crippen molar-refractivity contribution >= 4 is 11.3 Å². The summed E-state index contributed by atoms with van der Waals surface area (Å²) in [6, 6.07) is 8.75. The zero-order valence-corrected chi connectivity index (χ0v) is 9.97. The Labute approximate surface area is 94.8 Å². The number of aryl methyl sites for hydroxylation is 2. The van der Waals surface area contributed by atoms with Crippen LogP contribution in [-0.2, 0) is 6.42 Å². The van der Waals surface area contributed by atoms with Crippen LogP contribution in [-0.4, -0.2) is 4.98 Å². The predicted molar refractivity (Wildman–Crippen MR) is 66.3 cm³/mol. The quantitative estimate of drug-likeness (QED) is 0.755. The van der Waals surface area contributed by atoms with E-state index in [0.717, 1.165) is 17.1 Å². The van der Waals surface area contributed by atoms with Gasteiger partial charge in [0.15, 0.2) is 0 Å². The highest BCUT2D eigenvalue weighted by Gasteiger charge is 2.01. The molecule has 0 amide bonds. The monoisotopic (exact) mass is 217 g/mol. The van der Waals surface area contributed by atoms with E-state index in [1.54, 1.807) is 11.3 Å². The normalized spacial score (nSPS) is 10.5. The molecule has 0 radical (unpaired) electrons. The second kappa shape index (κ2) is 4.58. The molecule has 1 heterocycles. The molecule has 2 rings (SSSR count). The number of rotatable bonds is 3. The van der Waals surface area contributed by atoms with E-state index in [-0.39, 0.29) is 0 Å². The third-order valence-corrected chi connectivity index (χ3v) is 3.37. The van der Waals surface area contributed by atoms with Gasteiger partial charge in [-0.25, -0.2) is 4.98 Å². The second-order valence-corrected chi connectivity index (χ2v) is 4.60. The van der Waals surface area contributed by atoms with Crippen LogP contribution < -0.4 is 0 Å². The van der Waals surface area contributed by atoms with Crippen LogP contribution in [0, 0.1) is 6.92 Å². The number of benzene rings is 1. The van der Waals surface area contributed by atoms with Gasteiger partial charge in [0.2, 0.25) is 0 Å². The third kappa shape index (κ3) is 2.45. The van der Waals surface area contributed by atoms with E-state index in [4.69, 9.17) is 0 Å². The average molecular weight is 217 g/mol. The Kier molecular flexibility index (Phi) is 3.17. The summed E-state index contributed by atoms with van der Waals surface area (Å²) in [4.78, 5) is 4.48. The van der Waals surface area contributed by atoms with Gasteiger partial charge < -0.3 is 0 Å². The van der Waals surface area contributed by atoms with Crippen LogP contribution in [0.25, 0.3) is 10.6 Å². The van der Waals surface area contributed by atoms with E-state index in [0.29, 0.717) is 0 Å². The van der Waals surface area contributed by atoms with Gasteiger partial charge in [-0.15, -0.1) is 11.3 Å². The first-order valence-corrected chi connectivity index (χ1v) is 6.19. The summed E-state index contributed by atoms with van der Waals surface area (Å²) >= 11 is 1.71. The minimum Gasteiger partial charge on any atom is -0.241 e. The highest BCUT2D eigenvalue weighted by Crippen LogP contribution is 2.23. The fraction of sp³-hybridized carbons (Fsp3) is 0.308. The van der Waals surface area contributed by atoms with Crippen molar-refractivity contribution in [2.45, 2.75) is 26.7 Å². The van der Waals surface area contributed by atoms with Crippen molar-refractivity contribution < 1.29 is 0 Å². The lowest BCUT2D eigenvalue weighted by Gasteiger charge is -2.00. The molecule has 0 unspecified atom stereocenters. The van der Waals surface area contributed by atoms with Crippen molar-refractivity contribution in [3.05, 3.63) is 40.9 Å². The zero-order chi connectivity index (χ0) is 10.7.